The fourth-order valence-electron chi connectivity index (χ4n) is 1.97. The van der Waals surface area contributed by atoms with Crippen LogP contribution in [0.5, 0.6) is 0 Å². The quantitative estimate of drug-likeness (QED) is 0.736. The molecule has 1 heterocycles. The van der Waals surface area contributed by atoms with Crippen molar-refractivity contribution in [3.8, 4) is 6.07 Å². The number of nitriles is 1. The van der Waals surface area contributed by atoms with Crippen molar-refractivity contribution in [3.05, 3.63) is 35.4 Å². The van der Waals surface area contributed by atoms with E-state index in [2.05, 4.69) is 37.3 Å². The Labute approximate surface area is 90.5 Å². The topological polar surface area (TPSA) is 33.0 Å². The molecule has 0 aromatic heterocycles. The highest BCUT2D eigenvalue weighted by Crippen LogP contribution is 2.31. The number of ether oxygens (including phenoxy) is 1. The van der Waals surface area contributed by atoms with E-state index >= 15 is 0 Å². The molecule has 0 aliphatic carbocycles. The normalized spacial score (nSPS) is 25.1. The molecule has 78 valence electrons. The van der Waals surface area contributed by atoms with E-state index in [0.717, 1.165) is 19.4 Å². The molecular weight excluding hydrogens is 186 g/mol. The van der Waals surface area contributed by atoms with Gasteiger partial charge in [-0.15, -0.1) is 0 Å². The van der Waals surface area contributed by atoms with Gasteiger partial charge < -0.3 is 4.74 Å². The zero-order valence-corrected chi connectivity index (χ0v) is 8.99. The highest BCUT2D eigenvalue weighted by atomic mass is 16.5. The average Bonchev–Trinajstić information content (AvgIpc) is 2.71. The van der Waals surface area contributed by atoms with E-state index in [-0.39, 0.29) is 5.41 Å². The lowest BCUT2D eigenvalue weighted by Crippen LogP contribution is -2.21. The Morgan fingerprint density at radius 3 is 2.67 bits per heavy atom. The second-order valence-electron chi connectivity index (χ2n) is 4.36. The van der Waals surface area contributed by atoms with E-state index in [0.29, 0.717) is 6.61 Å². The molecule has 1 aromatic rings. The molecule has 1 aliphatic rings. The Hall–Kier alpha value is -1.33. The van der Waals surface area contributed by atoms with Gasteiger partial charge in [-0.3, -0.25) is 0 Å². The molecule has 1 fully saturated rings. The molecule has 2 nitrogen and oxygen atoms in total. The second-order valence-corrected chi connectivity index (χ2v) is 4.36. The zero-order valence-electron chi connectivity index (χ0n) is 8.99. The van der Waals surface area contributed by atoms with E-state index in [1.807, 2.05) is 0 Å². The summed E-state index contributed by atoms with van der Waals surface area (Å²) in [4.78, 5) is 0. The van der Waals surface area contributed by atoms with Crippen LogP contribution in [0.15, 0.2) is 24.3 Å². The van der Waals surface area contributed by atoms with E-state index in [4.69, 9.17) is 4.74 Å². The van der Waals surface area contributed by atoms with Crippen LogP contribution in [0.2, 0.25) is 0 Å². The first-order valence-corrected chi connectivity index (χ1v) is 5.29. The molecule has 0 bridgehead atoms. The number of hydrogen-bond acceptors (Lipinski definition) is 2. The molecule has 1 unspecified atom stereocenters. The van der Waals surface area contributed by atoms with Gasteiger partial charge in [-0.05, 0) is 25.3 Å². The van der Waals surface area contributed by atoms with Crippen LogP contribution in [0.1, 0.15) is 17.5 Å². The fraction of sp³-hybridized carbons (Fsp3) is 0.462. The Kier molecular flexibility index (Phi) is 2.75. The summed E-state index contributed by atoms with van der Waals surface area (Å²) in [5.74, 6) is 0. The molecule has 0 amide bonds. The fourth-order valence-corrected chi connectivity index (χ4v) is 1.97. The summed E-state index contributed by atoms with van der Waals surface area (Å²) < 4.78 is 5.32. The van der Waals surface area contributed by atoms with Crippen LogP contribution in [0.25, 0.3) is 0 Å². The predicted octanol–water partition coefficient (Wildman–Crippen LogP) is 2.47. The summed E-state index contributed by atoms with van der Waals surface area (Å²) in [5, 5.41) is 9.20. The molecule has 1 saturated heterocycles. The van der Waals surface area contributed by atoms with Gasteiger partial charge in [0.15, 0.2) is 0 Å². The summed E-state index contributed by atoms with van der Waals surface area (Å²) in [5.41, 5.74) is 2.20. The molecule has 1 aliphatic heterocycles. The van der Waals surface area contributed by atoms with E-state index in [1.54, 1.807) is 0 Å². The van der Waals surface area contributed by atoms with Crippen molar-refractivity contribution in [2.24, 2.45) is 5.41 Å². The van der Waals surface area contributed by atoms with Crippen molar-refractivity contribution in [1.82, 2.24) is 0 Å². The maximum atomic E-state index is 9.20. The van der Waals surface area contributed by atoms with Crippen LogP contribution in [0.4, 0.5) is 0 Å². The highest BCUT2D eigenvalue weighted by molar-refractivity contribution is 5.24. The minimum Gasteiger partial charge on any atom is -0.380 e. The van der Waals surface area contributed by atoms with Crippen LogP contribution in [-0.2, 0) is 11.2 Å². The molecule has 1 aromatic carbocycles. The lowest BCUT2D eigenvalue weighted by Gasteiger charge is -2.18. The first kappa shape index (κ1) is 10.2. The first-order valence-electron chi connectivity index (χ1n) is 5.29. The van der Waals surface area contributed by atoms with E-state index < -0.39 is 0 Å². The van der Waals surface area contributed by atoms with Crippen molar-refractivity contribution in [2.45, 2.75) is 19.8 Å². The Bertz CT molecular complexity index is 369. The van der Waals surface area contributed by atoms with Gasteiger partial charge in [0, 0.05) is 6.61 Å². The molecule has 2 heteroatoms. The lowest BCUT2D eigenvalue weighted by molar-refractivity contribution is 0.171. The van der Waals surface area contributed by atoms with Crippen LogP contribution in [0.3, 0.4) is 0 Å². The van der Waals surface area contributed by atoms with Gasteiger partial charge in [0.05, 0.1) is 18.1 Å². The number of hydrogen-bond donors (Lipinski definition) is 0. The Morgan fingerprint density at radius 2 is 2.13 bits per heavy atom. The number of nitrogens with zero attached hydrogens (tertiary/aromatic N) is 1. The minimum atomic E-state index is -0.282. The number of benzene rings is 1. The van der Waals surface area contributed by atoms with Crippen molar-refractivity contribution in [1.29, 1.82) is 5.26 Å². The van der Waals surface area contributed by atoms with Crippen molar-refractivity contribution in [3.63, 3.8) is 0 Å². The van der Waals surface area contributed by atoms with Gasteiger partial charge in [-0.25, -0.2) is 0 Å². The second kappa shape index (κ2) is 4.04. The van der Waals surface area contributed by atoms with Crippen LogP contribution >= 0.6 is 0 Å². The predicted molar refractivity (Wildman–Crippen MR) is 58.4 cm³/mol. The smallest absolute Gasteiger partial charge is 0.0868 e. The Balaban J connectivity index is 2.14. The molecule has 1 atom stereocenters. The van der Waals surface area contributed by atoms with Gasteiger partial charge in [0.1, 0.15) is 0 Å². The van der Waals surface area contributed by atoms with Crippen molar-refractivity contribution in [2.75, 3.05) is 13.2 Å². The minimum absolute atomic E-state index is 0.282. The maximum Gasteiger partial charge on any atom is 0.0868 e. The molecule has 2 rings (SSSR count). The monoisotopic (exact) mass is 201 g/mol. The molecule has 0 spiro atoms. The number of aryl methyl sites for hydroxylation is 1. The molecule has 0 N–H and O–H groups in total. The summed E-state index contributed by atoms with van der Waals surface area (Å²) in [6.45, 7) is 3.37. The average molecular weight is 201 g/mol. The lowest BCUT2D eigenvalue weighted by atomic mass is 9.82. The van der Waals surface area contributed by atoms with Crippen molar-refractivity contribution >= 4 is 0 Å². The summed E-state index contributed by atoms with van der Waals surface area (Å²) in [7, 11) is 0. The highest BCUT2D eigenvalue weighted by Gasteiger charge is 2.35. The Morgan fingerprint density at radius 1 is 1.40 bits per heavy atom. The largest absolute Gasteiger partial charge is 0.380 e. The summed E-state index contributed by atoms with van der Waals surface area (Å²) in [6, 6.07) is 10.8. The van der Waals surface area contributed by atoms with E-state index in [9.17, 15) is 5.26 Å². The van der Waals surface area contributed by atoms with Gasteiger partial charge in [-0.1, -0.05) is 29.8 Å². The third kappa shape index (κ3) is 2.19. The van der Waals surface area contributed by atoms with Crippen LogP contribution < -0.4 is 0 Å². The molecule has 15 heavy (non-hydrogen) atoms. The summed E-state index contributed by atoms with van der Waals surface area (Å²) in [6.07, 6.45) is 1.67. The van der Waals surface area contributed by atoms with Crippen molar-refractivity contribution < 1.29 is 4.74 Å². The SMILES string of the molecule is Cc1ccc(CC2(C#N)CCOC2)cc1. The van der Waals surface area contributed by atoms with Gasteiger partial charge in [0.2, 0.25) is 0 Å². The molecule has 0 radical (unpaired) electrons. The van der Waals surface area contributed by atoms with Crippen LogP contribution in [0, 0.1) is 23.7 Å². The number of rotatable bonds is 2. The maximum absolute atomic E-state index is 9.20. The molecule has 0 saturated carbocycles. The van der Waals surface area contributed by atoms with Gasteiger partial charge >= 0.3 is 0 Å². The third-order valence-electron chi connectivity index (χ3n) is 3.00. The van der Waals surface area contributed by atoms with Crippen LogP contribution in [-0.4, -0.2) is 13.2 Å². The van der Waals surface area contributed by atoms with E-state index in [1.165, 1.54) is 11.1 Å². The third-order valence-corrected chi connectivity index (χ3v) is 3.00. The standard InChI is InChI=1S/C13H15NO/c1-11-2-4-12(5-3-11)8-13(9-14)6-7-15-10-13/h2-5H,6-8,10H2,1H3. The van der Waals surface area contributed by atoms with Gasteiger partial charge in [0.25, 0.3) is 0 Å². The molecular formula is C13H15NO. The van der Waals surface area contributed by atoms with Gasteiger partial charge in [-0.2, -0.15) is 5.26 Å². The summed E-state index contributed by atoms with van der Waals surface area (Å²) >= 11 is 0. The first-order chi connectivity index (χ1) is 7.24. The zero-order chi connectivity index (χ0) is 10.7.